The van der Waals surface area contributed by atoms with Crippen LogP contribution in [0.4, 0.5) is 11.4 Å². The van der Waals surface area contributed by atoms with Crippen LogP contribution in [0, 0.1) is 0 Å². The Labute approximate surface area is 199 Å². The summed E-state index contributed by atoms with van der Waals surface area (Å²) in [6, 6.07) is 13.8. The maximum absolute atomic E-state index is 12.7. The number of imide groups is 1. The molecule has 0 unspecified atom stereocenters. The second-order valence-electron chi connectivity index (χ2n) is 7.83. The fraction of sp³-hybridized carbons (Fsp3) is 0.160. The molecule has 1 aliphatic rings. The third kappa shape index (κ3) is 5.11. The van der Waals surface area contributed by atoms with Crippen molar-refractivity contribution in [3.05, 3.63) is 83.3 Å². The number of hydrogen-bond donors (Lipinski definition) is 2. The Morgan fingerprint density at radius 3 is 2.23 bits per heavy atom. The fourth-order valence-electron chi connectivity index (χ4n) is 3.49. The van der Waals surface area contributed by atoms with E-state index >= 15 is 0 Å². The van der Waals surface area contributed by atoms with E-state index in [9.17, 15) is 24.0 Å². The number of hydrogen-bond acceptors (Lipinski definition) is 7. The van der Waals surface area contributed by atoms with Crippen LogP contribution in [0.5, 0.6) is 0 Å². The van der Waals surface area contributed by atoms with Gasteiger partial charge in [0.2, 0.25) is 5.91 Å². The van der Waals surface area contributed by atoms with Gasteiger partial charge in [0, 0.05) is 18.3 Å². The van der Waals surface area contributed by atoms with Gasteiger partial charge in [-0.25, -0.2) is 4.79 Å². The summed E-state index contributed by atoms with van der Waals surface area (Å²) in [6.07, 6.45) is 0.304. The number of ether oxygens (including phenoxy) is 1. The highest BCUT2D eigenvalue weighted by Crippen LogP contribution is 2.26. The van der Waals surface area contributed by atoms with Crippen molar-refractivity contribution in [2.75, 3.05) is 10.6 Å². The summed E-state index contributed by atoms with van der Waals surface area (Å²) in [4.78, 5) is 62.5. The number of benzene rings is 2. The zero-order valence-corrected chi connectivity index (χ0v) is 18.9. The van der Waals surface area contributed by atoms with Gasteiger partial charge in [0.15, 0.2) is 6.10 Å². The van der Waals surface area contributed by atoms with Gasteiger partial charge in [-0.15, -0.1) is 0 Å². The Bertz CT molecular complexity index is 1310. The Kier molecular flexibility index (Phi) is 6.45. The van der Waals surface area contributed by atoms with Crippen molar-refractivity contribution in [1.29, 1.82) is 0 Å². The van der Waals surface area contributed by atoms with Crippen LogP contribution in [0.25, 0.3) is 0 Å². The molecule has 3 aromatic rings. The van der Waals surface area contributed by atoms with Gasteiger partial charge in [0.25, 0.3) is 17.7 Å². The van der Waals surface area contributed by atoms with Gasteiger partial charge in [-0.1, -0.05) is 0 Å². The summed E-state index contributed by atoms with van der Waals surface area (Å²) < 4.78 is 10.5. The van der Waals surface area contributed by atoms with Gasteiger partial charge in [-0.3, -0.25) is 24.1 Å². The van der Waals surface area contributed by atoms with Crippen LogP contribution in [0.2, 0.25) is 0 Å². The molecule has 2 aromatic carbocycles. The zero-order valence-electron chi connectivity index (χ0n) is 18.9. The first-order chi connectivity index (χ1) is 16.7. The highest BCUT2D eigenvalue weighted by molar-refractivity contribution is 6.21. The lowest BCUT2D eigenvalue weighted by molar-refractivity contribution is -0.123. The van der Waals surface area contributed by atoms with Crippen LogP contribution in [0.3, 0.4) is 0 Å². The summed E-state index contributed by atoms with van der Waals surface area (Å²) in [5.41, 5.74) is 1.30. The predicted octanol–water partition coefficient (Wildman–Crippen LogP) is 3.22. The van der Waals surface area contributed by atoms with Crippen LogP contribution in [-0.2, 0) is 20.9 Å². The quantitative estimate of drug-likeness (QED) is 0.396. The molecule has 0 fully saturated rings. The molecule has 0 spiro atoms. The van der Waals surface area contributed by atoms with Gasteiger partial charge in [-0.05, 0) is 61.5 Å². The third-order valence-corrected chi connectivity index (χ3v) is 5.23. The van der Waals surface area contributed by atoms with E-state index in [1.54, 1.807) is 36.4 Å². The minimum atomic E-state index is -1.14. The van der Waals surface area contributed by atoms with Crippen molar-refractivity contribution in [2.45, 2.75) is 26.5 Å². The van der Waals surface area contributed by atoms with Gasteiger partial charge in [-0.2, -0.15) is 0 Å². The number of furan rings is 1. The fourth-order valence-corrected chi connectivity index (χ4v) is 3.49. The van der Waals surface area contributed by atoms with E-state index in [0.717, 1.165) is 4.90 Å². The molecule has 178 valence electrons. The number of amides is 4. The monoisotopic (exact) mass is 475 g/mol. The summed E-state index contributed by atoms with van der Waals surface area (Å²) in [5.74, 6) is -2.19. The van der Waals surface area contributed by atoms with Crippen molar-refractivity contribution in [2.24, 2.45) is 0 Å². The molecule has 0 radical (unpaired) electrons. The molecule has 0 saturated carbocycles. The topological polar surface area (TPSA) is 135 Å². The lowest BCUT2D eigenvalue weighted by Gasteiger charge is -2.14. The maximum atomic E-state index is 12.7. The molecule has 4 amide bonds. The molecule has 10 heteroatoms. The van der Waals surface area contributed by atoms with Crippen molar-refractivity contribution < 1.29 is 33.1 Å². The van der Waals surface area contributed by atoms with E-state index in [1.165, 1.54) is 38.3 Å². The van der Waals surface area contributed by atoms with E-state index < -0.39 is 29.8 Å². The molecule has 4 rings (SSSR count). The van der Waals surface area contributed by atoms with Crippen molar-refractivity contribution >= 4 is 41.0 Å². The molecule has 0 saturated heterocycles. The Morgan fingerprint density at radius 2 is 1.60 bits per heavy atom. The minimum Gasteiger partial charge on any atom is -0.467 e. The number of anilines is 2. The summed E-state index contributed by atoms with van der Waals surface area (Å²) in [6.45, 7) is 2.77. The number of carbonyl (C=O) groups excluding carboxylic acids is 5. The van der Waals surface area contributed by atoms with Gasteiger partial charge < -0.3 is 19.8 Å². The highest BCUT2D eigenvalue weighted by Gasteiger charge is 2.36. The van der Waals surface area contributed by atoms with Gasteiger partial charge >= 0.3 is 5.97 Å². The molecule has 1 aromatic heterocycles. The van der Waals surface area contributed by atoms with Crippen LogP contribution in [0.15, 0.2) is 65.3 Å². The van der Waals surface area contributed by atoms with Crippen molar-refractivity contribution in [1.82, 2.24) is 4.90 Å². The molecule has 0 aliphatic carbocycles. The number of fused-ring (bicyclic) bond motifs is 1. The molecule has 1 aliphatic heterocycles. The first-order valence-corrected chi connectivity index (χ1v) is 10.6. The third-order valence-electron chi connectivity index (χ3n) is 5.23. The van der Waals surface area contributed by atoms with Crippen molar-refractivity contribution in [3.8, 4) is 0 Å². The van der Waals surface area contributed by atoms with E-state index in [1.807, 2.05) is 0 Å². The van der Waals surface area contributed by atoms with Gasteiger partial charge in [0.05, 0.1) is 29.5 Å². The molecular weight excluding hydrogens is 454 g/mol. The van der Waals surface area contributed by atoms with E-state index in [0.29, 0.717) is 17.1 Å². The number of rotatable bonds is 7. The lowest BCUT2D eigenvalue weighted by atomic mass is 10.1. The van der Waals surface area contributed by atoms with Crippen LogP contribution < -0.4 is 10.6 Å². The smallest absolute Gasteiger partial charge is 0.338 e. The van der Waals surface area contributed by atoms with Crippen LogP contribution in [0.1, 0.15) is 50.7 Å². The van der Waals surface area contributed by atoms with Gasteiger partial charge in [0.1, 0.15) is 5.76 Å². The number of nitrogens with zero attached hydrogens (tertiary/aromatic N) is 1. The number of carbonyl (C=O) groups is 5. The van der Waals surface area contributed by atoms with Crippen LogP contribution >= 0.6 is 0 Å². The molecule has 2 N–H and O–H groups in total. The highest BCUT2D eigenvalue weighted by atomic mass is 16.5. The van der Waals surface area contributed by atoms with E-state index in [-0.39, 0.29) is 29.1 Å². The number of nitrogens with one attached hydrogen (secondary N) is 2. The van der Waals surface area contributed by atoms with Crippen LogP contribution in [-0.4, -0.2) is 40.6 Å². The Morgan fingerprint density at radius 1 is 0.943 bits per heavy atom. The Balaban J connectivity index is 1.39. The van der Waals surface area contributed by atoms with E-state index in [2.05, 4.69) is 10.6 Å². The summed E-state index contributed by atoms with van der Waals surface area (Å²) >= 11 is 0. The lowest BCUT2D eigenvalue weighted by Crippen LogP contribution is -2.30. The van der Waals surface area contributed by atoms with Crippen molar-refractivity contribution in [3.63, 3.8) is 0 Å². The second-order valence-corrected chi connectivity index (χ2v) is 7.83. The van der Waals surface area contributed by atoms with E-state index in [4.69, 9.17) is 9.15 Å². The largest absolute Gasteiger partial charge is 0.467 e. The molecule has 10 nitrogen and oxygen atoms in total. The SMILES string of the molecule is CC(=O)Nc1ccc(NC(=O)[C@@H](C)OC(=O)c2ccc3c(c2)C(=O)N(Cc2ccco2)C3=O)cc1. The normalized spacial score (nSPS) is 13.3. The average Bonchev–Trinajstić information content (AvgIpc) is 3.42. The average molecular weight is 475 g/mol. The summed E-state index contributed by atoms with van der Waals surface area (Å²) in [7, 11) is 0. The first kappa shape index (κ1) is 23.4. The first-order valence-electron chi connectivity index (χ1n) is 10.6. The number of esters is 1. The standard InChI is InChI=1S/C25H21N3O7/c1-14(22(30)27-18-8-6-17(7-9-18)26-15(2)29)35-25(33)16-5-10-20-21(12-16)24(32)28(23(20)31)13-19-4-3-11-34-19/h3-12,14H,13H2,1-2H3,(H,26,29)(H,27,30)/t14-/m1/s1. The maximum Gasteiger partial charge on any atom is 0.338 e. The molecule has 1 atom stereocenters. The zero-order chi connectivity index (χ0) is 25.1. The summed E-state index contributed by atoms with van der Waals surface area (Å²) in [5, 5.41) is 5.23. The minimum absolute atomic E-state index is 0.0257. The predicted molar refractivity (Wildman–Crippen MR) is 124 cm³/mol. The molecule has 2 heterocycles. The molecule has 0 bridgehead atoms. The second kappa shape index (κ2) is 9.64. The molecule has 35 heavy (non-hydrogen) atoms. The molecular formula is C25H21N3O7. The Hall–Kier alpha value is -4.73.